The summed E-state index contributed by atoms with van der Waals surface area (Å²) in [6.07, 6.45) is 5.22. The number of aryl methyl sites for hydroxylation is 1. The molecule has 0 saturated carbocycles. The zero-order chi connectivity index (χ0) is 25.6. The Balaban J connectivity index is 0.00000336. The number of hydrogen-bond acceptors (Lipinski definition) is 7. The van der Waals surface area contributed by atoms with Gasteiger partial charge < -0.3 is 15.5 Å². The normalized spacial score (nSPS) is 13.9. The van der Waals surface area contributed by atoms with Crippen LogP contribution in [0.3, 0.4) is 0 Å². The van der Waals surface area contributed by atoms with Crippen molar-refractivity contribution in [2.75, 3.05) is 43.9 Å². The summed E-state index contributed by atoms with van der Waals surface area (Å²) < 4.78 is 0. The molecule has 38 heavy (non-hydrogen) atoms. The Morgan fingerprint density at radius 1 is 0.974 bits per heavy atom. The molecule has 5 rings (SSSR count). The number of likely N-dealkylation sites (N-methyl/N-ethyl adjacent to an activating group) is 1. The van der Waals surface area contributed by atoms with E-state index in [1.807, 2.05) is 67.6 Å². The second-order valence-corrected chi connectivity index (χ2v) is 9.39. The van der Waals surface area contributed by atoms with Crippen molar-refractivity contribution in [3.05, 3.63) is 95.9 Å². The van der Waals surface area contributed by atoms with Crippen molar-refractivity contribution in [2.45, 2.75) is 13.5 Å². The molecule has 1 aliphatic rings. The van der Waals surface area contributed by atoms with Crippen LogP contribution in [0.1, 0.15) is 21.5 Å². The number of nitrogens with one attached hydrogen (secondary N) is 2. The van der Waals surface area contributed by atoms with Crippen LogP contribution in [0, 0.1) is 6.92 Å². The molecule has 0 unspecified atom stereocenters. The standard InChI is InChI=1S/C29H31N7O.Ba.2H/c1-21-5-10-25(18-27(21)34-29-31-13-11-26(33-29)24-4-3-12-30-19-24)32-28(37)23-8-6-22(7-9-23)20-36-16-14-35(2)15-17-36;;;/h3-13,18-19H,14-17,20H2,1-2H3,(H,32,37)(H,31,33,34);;;. The van der Waals surface area contributed by atoms with Gasteiger partial charge in [-0.15, -0.1) is 0 Å². The van der Waals surface area contributed by atoms with Crippen LogP contribution in [0.2, 0.25) is 0 Å². The second kappa shape index (κ2) is 13.5. The van der Waals surface area contributed by atoms with E-state index >= 15 is 0 Å². The Kier molecular flexibility index (Phi) is 10.1. The Labute approximate surface area is 264 Å². The van der Waals surface area contributed by atoms with Crippen molar-refractivity contribution in [1.82, 2.24) is 24.8 Å². The average molecular weight is 633 g/mol. The van der Waals surface area contributed by atoms with Gasteiger partial charge >= 0.3 is 48.9 Å². The third-order valence-electron chi connectivity index (χ3n) is 6.57. The number of hydrogen-bond donors (Lipinski definition) is 2. The molecule has 0 atom stereocenters. The predicted molar refractivity (Wildman–Crippen MR) is 155 cm³/mol. The summed E-state index contributed by atoms with van der Waals surface area (Å²) in [6, 6.07) is 19.3. The minimum atomic E-state index is -0.143. The summed E-state index contributed by atoms with van der Waals surface area (Å²) in [4.78, 5) is 30.9. The van der Waals surface area contributed by atoms with Crippen LogP contribution >= 0.6 is 0 Å². The number of amides is 1. The molecule has 0 aliphatic carbocycles. The molecule has 2 aromatic carbocycles. The molecule has 3 heterocycles. The zero-order valence-corrected chi connectivity index (χ0v) is 21.2. The number of carbonyl (C=O) groups is 1. The van der Waals surface area contributed by atoms with Gasteiger partial charge in [0, 0.05) is 73.8 Å². The Morgan fingerprint density at radius 3 is 2.50 bits per heavy atom. The summed E-state index contributed by atoms with van der Waals surface area (Å²) in [5, 5.41) is 6.29. The van der Waals surface area contributed by atoms with Crippen LogP contribution in [0.4, 0.5) is 17.3 Å². The van der Waals surface area contributed by atoms with Crippen molar-refractivity contribution in [1.29, 1.82) is 0 Å². The number of benzene rings is 2. The molecule has 4 aromatic rings. The molecule has 0 bridgehead atoms. The fourth-order valence-electron chi connectivity index (χ4n) is 4.28. The van der Waals surface area contributed by atoms with Crippen molar-refractivity contribution in [3.63, 3.8) is 0 Å². The first kappa shape index (κ1) is 28.4. The van der Waals surface area contributed by atoms with Crippen molar-refractivity contribution >= 4 is 72.1 Å². The van der Waals surface area contributed by atoms with Crippen LogP contribution in [0.15, 0.2) is 79.3 Å². The van der Waals surface area contributed by atoms with Gasteiger partial charge in [0.15, 0.2) is 0 Å². The van der Waals surface area contributed by atoms with E-state index in [0.717, 1.165) is 55.2 Å². The molecule has 1 aliphatic heterocycles. The fourth-order valence-corrected chi connectivity index (χ4v) is 4.28. The van der Waals surface area contributed by atoms with Gasteiger partial charge in [0.25, 0.3) is 5.91 Å². The third-order valence-corrected chi connectivity index (χ3v) is 6.57. The van der Waals surface area contributed by atoms with Gasteiger partial charge in [0.1, 0.15) is 0 Å². The summed E-state index contributed by atoms with van der Waals surface area (Å²) >= 11 is 0. The average Bonchev–Trinajstić information content (AvgIpc) is 2.93. The summed E-state index contributed by atoms with van der Waals surface area (Å²) in [7, 11) is 2.16. The Hall–Kier alpha value is -2.57. The van der Waals surface area contributed by atoms with Gasteiger partial charge in [-0.25, -0.2) is 9.97 Å². The molecule has 2 aromatic heterocycles. The van der Waals surface area contributed by atoms with Crippen LogP contribution < -0.4 is 10.6 Å². The molecule has 0 spiro atoms. The minimum absolute atomic E-state index is 0. The first-order valence-electron chi connectivity index (χ1n) is 12.5. The van der Waals surface area contributed by atoms with Crippen LogP contribution in [0.25, 0.3) is 11.3 Å². The molecule has 2 N–H and O–H groups in total. The monoisotopic (exact) mass is 633 g/mol. The summed E-state index contributed by atoms with van der Waals surface area (Å²) in [5.74, 6) is 0.333. The zero-order valence-electron chi connectivity index (χ0n) is 21.2. The topological polar surface area (TPSA) is 86.3 Å². The molecule has 8 nitrogen and oxygen atoms in total. The molecule has 0 radical (unpaired) electrons. The van der Waals surface area contributed by atoms with Gasteiger partial charge in [-0.05, 0) is 67.6 Å². The molecule has 9 heteroatoms. The first-order valence-corrected chi connectivity index (χ1v) is 12.5. The van der Waals surface area contributed by atoms with E-state index in [2.05, 4.69) is 42.4 Å². The Morgan fingerprint density at radius 2 is 1.76 bits per heavy atom. The van der Waals surface area contributed by atoms with Gasteiger partial charge in [-0.1, -0.05) is 18.2 Å². The molecule has 1 fully saturated rings. The van der Waals surface area contributed by atoms with E-state index in [1.165, 1.54) is 5.56 Å². The molecule has 1 amide bonds. The number of pyridine rings is 1. The molecular weight excluding hydrogens is 600 g/mol. The summed E-state index contributed by atoms with van der Waals surface area (Å²) in [5.41, 5.74) is 6.08. The SMILES string of the molecule is Cc1ccc(NC(=O)c2ccc(CN3CCN(C)CC3)cc2)cc1Nc1nccc(-c2cccnc2)n1.[BaH2]. The van der Waals surface area contributed by atoms with Gasteiger partial charge in [-0.3, -0.25) is 14.7 Å². The van der Waals surface area contributed by atoms with Crippen molar-refractivity contribution in [2.24, 2.45) is 0 Å². The number of piperazine rings is 1. The number of rotatable bonds is 7. The van der Waals surface area contributed by atoms with E-state index < -0.39 is 0 Å². The van der Waals surface area contributed by atoms with Gasteiger partial charge in [0.2, 0.25) is 5.95 Å². The van der Waals surface area contributed by atoms with Crippen LogP contribution in [0.5, 0.6) is 0 Å². The number of aromatic nitrogens is 3. The van der Waals surface area contributed by atoms with Crippen LogP contribution in [-0.4, -0.2) is 113 Å². The fraction of sp³-hybridized carbons (Fsp3) is 0.241. The van der Waals surface area contributed by atoms with Crippen molar-refractivity contribution < 1.29 is 4.79 Å². The maximum atomic E-state index is 12.9. The predicted octanol–water partition coefficient (Wildman–Crippen LogP) is 3.67. The van der Waals surface area contributed by atoms with E-state index in [9.17, 15) is 4.79 Å². The van der Waals surface area contributed by atoms with E-state index in [-0.39, 0.29) is 54.8 Å². The number of carbonyl (C=O) groups excluding carboxylic acids is 1. The second-order valence-electron chi connectivity index (χ2n) is 9.39. The molecule has 192 valence electrons. The number of nitrogens with zero attached hydrogens (tertiary/aromatic N) is 5. The van der Waals surface area contributed by atoms with Gasteiger partial charge in [0.05, 0.1) is 5.69 Å². The number of anilines is 3. The molecular formula is C29H33BaN7O. The molecule has 1 saturated heterocycles. The van der Waals surface area contributed by atoms with E-state index in [4.69, 9.17) is 0 Å². The van der Waals surface area contributed by atoms with E-state index in [1.54, 1.807) is 18.6 Å². The maximum absolute atomic E-state index is 12.9. The van der Waals surface area contributed by atoms with E-state index in [0.29, 0.717) is 17.2 Å². The quantitative estimate of drug-likeness (QED) is 0.301. The summed E-state index contributed by atoms with van der Waals surface area (Å²) in [6.45, 7) is 7.24. The van der Waals surface area contributed by atoms with Crippen LogP contribution in [-0.2, 0) is 6.54 Å². The Bertz CT molecular complexity index is 1360. The van der Waals surface area contributed by atoms with Crippen molar-refractivity contribution in [3.8, 4) is 11.3 Å². The third kappa shape index (κ3) is 7.51. The first-order chi connectivity index (χ1) is 18.0. The van der Waals surface area contributed by atoms with Gasteiger partial charge in [-0.2, -0.15) is 0 Å².